The fourth-order valence-electron chi connectivity index (χ4n) is 3.81. The van der Waals surface area contributed by atoms with Crippen LogP contribution in [-0.4, -0.2) is 46.8 Å². The summed E-state index contributed by atoms with van der Waals surface area (Å²) in [6, 6.07) is 16.9. The van der Waals surface area contributed by atoms with Crippen LogP contribution in [0.2, 0.25) is 0 Å². The van der Waals surface area contributed by atoms with Crippen LogP contribution in [0, 0.1) is 5.82 Å². The van der Waals surface area contributed by atoms with Crippen LogP contribution in [0.1, 0.15) is 44.6 Å². The summed E-state index contributed by atoms with van der Waals surface area (Å²) in [5.41, 5.74) is 1.85. The molecule has 0 radical (unpaired) electrons. The lowest BCUT2D eigenvalue weighted by molar-refractivity contribution is 0.0110. The van der Waals surface area contributed by atoms with Crippen molar-refractivity contribution in [1.29, 1.82) is 0 Å². The van der Waals surface area contributed by atoms with Gasteiger partial charge in [0.2, 0.25) is 0 Å². The number of pyridine rings is 2. The predicted molar refractivity (Wildman–Crippen MR) is 133 cm³/mol. The first-order valence-corrected chi connectivity index (χ1v) is 11.5. The van der Waals surface area contributed by atoms with Crippen LogP contribution < -0.4 is 4.74 Å². The maximum atomic E-state index is 13.3. The number of ether oxygens (including phenoxy) is 3. The summed E-state index contributed by atoms with van der Waals surface area (Å²) in [5.74, 6) is -2.52. The second-order valence-electron chi connectivity index (χ2n) is 8.43. The molecule has 0 aliphatic rings. The van der Waals surface area contributed by atoms with Gasteiger partial charge in [0.25, 0.3) is 0 Å². The second kappa shape index (κ2) is 11.6. The lowest BCUT2D eigenvalue weighted by Gasteiger charge is -2.17. The van der Waals surface area contributed by atoms with Gasteiger partial charge in [0.1, 0.15) is 24.0 Å². The maximum absolute atomic E-state index is 13.3. The minimum Gasteiger partial charge on any atom is -0.484 e. The van der Waals surface area contributed by atoms with E-state index in [1.54, 1.807) is 31.3 Å². The number of halogens is 1. The van der Waals surface area contributed by atoms with Crippen LogP contribution in [0.25, 0.3) is 10.9 Å². The highest BCUT2D eigenvalue weighted by atomic mass is 19.1. The molecule has 2 aromatic heterocycles. The molecule has 8 nitrogen and oxygen atoms in total. The van der Waals surface area contributed by atoms with Crippen molar-refractivity contribution in [3.63, 3.8) is 0 Å². The van der Waals surface area contributed by atoms with Gasteiger partial charge in [-0.3, -0.25) is 4.98 Å². The first kappa shape index (κ1) is 25.7. The number of fused-ring (bicyclic) bond motifs is 1. The number of aromatic nitrogens is 2. The number of esters is 1. The van der Waals surface area contributed by atoms with Crippen molar-refractivity contribution in [2.45, 2.75) is 26.1 Å². The zero-order valence-corrected chi connectivity index (χ0v) is 20.3. The van der Waals surface area contributed by atoms with E-state index < -0.39 is 18.0 Å². The van der Waals surface area contributed by atoms with E-state index in [0.29, 0.717) is 12.0 Å². The van der Waals surface area contributed by atoms with Gasteiger partial charge >= 0.3 is 11.9 Å². The molecule has 37 heavy (non-hydrogen) atoms. The van der Waals surface area contributed by atoms with Crippen molar-refractivity contribution in [3.8, 4) is 5.75 Å². The summed E-state index contributed by atoms with van der Waals surface area (Å²) < 4.78 is 29.7. The van der Waals surface area contributed by atoms with Gasteiger partial charge in [-0.2, -0.15) is 0 Å². The standard InChI is InChI=1S/C28H25FN2O6/c1-17(15-35-2)37-28(34)25-26(36-16-19-6-4-3-5-7-19)23-22(24(31-25)27(32)33)13-20(14-30-23)12-18-8-10-21(29)11-9-18/h3-11,13-14,17H,12,15-16H2,1-2H3,(H,32,33). The quantitative estimate of drug-likeness (QED) is 0.306. The third-order valence-corrected chi connectivity index (χ3v) is 5.51. The zero-order chi connectivity index (χ0) is 26.4. The monoisotopic (exact) mass is 504 g/mol. The van der Waals surface area contributed by atoms with E-state index in [2.05, 4.69) is 9.97 Å². The lowest BCUT2D eigenvalue weighted by atomic mass is 10.0. The van der Waals surface area contributed by atoms with Gasteiger partial charge in [-0.25, -0.2) is 19.0 Å². The molecule has 9 heteroatoms. The number of hydrogen-bond donors (Lipinski definition) is 1. The van der Waals surface area contributed by atoms with Crippen LogP contribution in [0.15, 0.2) is 66.9 Å². The fraction of sp³-hybridized carbons (Fsp3) is 0.214. The highest BCUT2D eigenvalue weighted by molar-refractivity contribution is 6.06. The predicted octanol–water partition coefficient (Wildman–Crippen LogP) is 4.83. The van der Waals surface area contributed by atoms with Crippen LogP contribution in [0.5, 0.6) is 5.75 Å². The van der Waals surface area contributed by atoms with Gasteiger partial charge in [0.15, 0.2) is 17.1 Å². The van der Waals surface area contributed by atoms with Crippen LogP contribution in [-0.2, 0) is 22.5 Å². The Morgan fingerprint density at radius 1 is 1.00 bits per heavy atom. The maximum Gasteiger partial charge on any atom is 0.361 e. The molecule has 0 aliphatic carbocycles. The number of rotatable bonds is 10. The van der Waals surface area contributed by atoms with Gasteiger partial charge in [-0.05, 0) is 48.2 Å². The first-order valence-electron chi connectivity index (χ1n) is 11.5. The molecule has 190 valence electrons. The summed E-state index contributed by atoms with van der Waals surface area (Å²) in [7, 11) is 1.48. The molecule has 0 saturated heterocycles. The largest absolute Gasteiger partial charge is 0.484 e. The average molecular weight is 505 g/mol. The van der Waals surface area contributed by atoms with Gasteiger partial charge in [-0.1, -0.05) is 42.5 Å². The van der Waals surface area contributed by atoms with E-state index in [4.69, 9.17) is 14.2 Å². The number of carbonyl (C=O) groups is 2. The summed E-state index contributed by atoms with van der Waals surface area (Å²) in [6.45, 7) is 1.89. The van der Waals surface area contributed by atoms with Crippen molar-refractivity contribution in [2.24, 2.45) is 0 Å². The Hall–Kier alpha value is -4.37. The van der Waals surface area contributed by atoms with Crippen LogP contribution >= 0.6 is 0 Å². The molecular formula is C28H25FN2O6. The fourth-order valence-corrected chi connectivity index (χ4v) is 3.81. The van der Waals surface area contributed by atoms with Gasteiger partial charge in [0, 0.05) is 18.7 Å². The van der Waals surface area contributed by atoms with Crippen molar-refractivity contribution in [3.05, 3.63) is 101 Å². The number of carboxylic acid groups (broad SMARTS) is 1. The van der Waals surface area contributed by atoms with Crippen LogP contribution in [0.3, 0.4) is 0 Å². The molecule has 2 heterocycles. The second-order valence-corrected chi connectivity index (χ2v) is 8.43. The molecule has 0 amide bonds. The molecule has 4 aromatic rings. The van der Waals surface area contributed by atoms with Gasteiger partial charge < -0.3 is 19.3 Å². The molecule has 1 atom stereocenters. The number of nitrogens with zero attached hydrogens (tertiary/aromatic N) is 2. The topological polar surface area (TPSA) is 108 Å². The minimum absolute atomic E-state index is 0.0202. The third-order valence-electron chi connectivity index (χ3n) is 5.51. The molecule has 0 fully saturated rings. The first-order chi connectivity index (χ1) is 17.9. The Morgan fingerprint density at radius 3 is 2.41 bits per heavy atom. The van der Waals surface area contributed by atoms with E-state index in [1.165, 1.54) is 19.2 Å². The van der Waals surface area contributed by atoms with E-state index in [-0.39, 0.29) is 47.1 Å². The van der Waals surface area contributed by atoms with Gasteiger partial charge in [0.05, 0.1) is 6.61 Å². The summed E-state index contributed by atoms with van der Waals surface area (Å²) in [6.07, 6.45) is 1.35. The minimum atomic E-state index is -1.33. The lowest BCUT2D eigenvalue weighted by Crippen LogP contribution is -2.22. The summed E-state index contributed by atoms with van der Waals surface area (Å²) in [5, 5.41) is 10.1. The number of benzene rings is 2. The van der Waals surface area contributed by atoms with E-state index >= 15 is 0 Å². The Bertz CT molecular complexity index is 1410. The van der Waals surface area contributed by atoms with Gasteiger partial charge in [-0.15, -0.1) is 0 Å². The Kier molecular flexibility index (Phi) is 8.05. The van der Waals surface area contributed by atoms with Crippen molar-refractivity contribution < 1.29 is 33.3 Å². The molecular weight excluding hydrogens is 479 g/mol. The molecule has 0 saturated carbocycles. The highest BCUT2D eigenvalue weighted by Gasteiger charge is 2.27. The molecule has 1 N–H and O–H groups in total. The van der Waals surface area contributed by atoms with Crippen LogP contribution in [0.4, 0.5) is 4.39 Å². The molecule has 2 aromatic carbocycles. The zero-order valence-electron chi connectivity index (χ0n) is 20.3. The van der Waals surface area contributed by atoms with E-state index in [0.717, 1.165) is 11.1 Å². The van der Waals surface area contributed by atoms with E-state index in [9.17, 15) is 19.1 Å². The number of carboxylic acids is 1. The molecule has 0 bridgehead atoms. The van der Waals surface area contributed by atoms with E-state index in [1.807, 2.05) is 30.3 Å². The highest BCUT2D eigenvalue weighted by Crippen LogP contribution is 2.32. The van der Waals surface area contributed by atoms with Crippen molar-refractivity contribution in [2.75, 3.05) is 13.7 Å². The normalized spacial score (nSPS) is 11.8. The molecule has 4 rings (SSSR count). The summed E-state index contributed by atoms with van der Waals surface area (Å²) >= 11 is 0. The Morgan fingerprint density at radius 2 is 1.73 bits per heavy atom. The number of carbonyl (C=O) groups excluding carboxylic acids is 1. The SMILES string of the molecule is COCC(C)OC(=O)c1nc(C(=O)O)c2cc(Cc3ccc(F)cc3)cnc2c1OCc1ccccc1. The smallest absolute Gasteiger partial charge is 0.361 e. The number of aromatic carboxylic acids is 1. The van der Waals surface area contributed by atoms with Crippen molar-refractivity contribution >= 4 is 22.8 Å². The number of hydrogen-bond acceptors (Lipinski definition) is 7. The molecule has 0 aliphatic heterocycles. The Balaban J connectivity index is 1.80. The number of methoxy groups -OCH3 is 1. The molecule has 1 unspecified atom stereocenters. The molecule has 0 spiro atoms. The Labute approximate surface area is 212 Å². The third kappa shape index (κ3) is 6.25. The average Bonchev–Trinajstić information content (AvgIpc) is 2.88. The van der Waals surface area contributed by atoms with Crippen molar-refractivity contribution in [1.82, 2.24) is 9.97 Å². The summed E-state index contributed by atoms with van der Waals surface area (Å²) in [4.78, 5) is 33.8.